The second kappa shape index (κ2) is 4.53. The Hall–Kier alpha value is -1.91. The Kier molecular flexibility index (Phi) is 3.08. The molecule has 1 N–H and O–H groups in total. The third kappa shape index (κ3) is 2.13. The van der Waals surface area contributed by atoms with Gasteiger partial charge in [0.2, 0.25) is 0 Å². The third-order valence-corrected chi connectivity index (χ3v) is 2.79. The van der Waals surface area contributed by atoms with Crippen LogP contribution in [-0.4, -0.2) is 26.5 Å². The van der Waals surface area contributed by atoms with Gasteiger partial charge < -0.3 is 5.32 Å². The molecule has 90 valence electrons. The zero-order valence-corrected chi connectivity index (χ0v) is 10.7. The van der Waals surface area contributed by atoms with Gasteiger partial charge in [0.05, 0.1) is 11.4 Å². The molecule has 0 spiro atoms. The number of rotatable bonds is 3. The van der Waals surface area contributed by atoms with E-state index >= 15 is 0 Å². The average Bonchev–Trinajstić information content (AvgIpc) is 2.55. The quantitative estimate of drug-likeness (QED) is 0.877. The smallest absolute Gasteiger partial charge is 0.148 e. The highest BCUT2D eigenvalue weighted by Crippen LogP contribution is 2.24. The number of nitrogens with one attached hydrogen (secondary N) is 1. The van der Waals surface area contributed by atoms with Crippen molar-refractivity contribution in [2.75, 3.05) is 11.9 Å². The van der Waals surface area contributed by atoms with Crippen LogP contribution in [-0.2, 0) is 7.05 Å². The number of nitrogens with zero attached hydrogens (tertiary/aromatic N) is 4. The lowest BCUT2D eigenvalue weighted by Crippen LogP contribution is -2.01. The van der Waals surface area contributed by atoms with E-state index in [1.54, 1.807) is 0 Å². The number of hydrogen-bond donors (Lipinski definition) is 1. The maximum Gasteiger partial charge on any atom is 0.148 e. The maximum atomic E-state index is 4.38. The van der Waals surface area contributed by atoms with Gasteiger partial charge in [-0.25, -0.2) is 0 Å². The van der Waals surface area contributed by atoms with Crippen LogP contribution in [0.15, 0.2) is 12.1 Å². The molecule has 0 atom stereocenters. The molecule has 0 saturated carbocycles. The molecule has 2 heterocycles. The molecule has 0 unspecified atom stereocenters. The lowest BCUT2D eigenvalue weighted by Gasteiger charge is -2.03. The van der Waals surface area contributed by atoms with Crippen LogP contribution in [0.4, 0.5) is 5.82 Å². The molecule has 2 aromatic heterocycles. The minimum atomic E-state index is 0.801. The van der Waals surface area contributed by atoms with Gasteiger partial charge in [-0.2, -0.15) is 5.10 Å². The van der Waals surface area contributed by atoms with Gasteiger partial charge in [0, 0.05) is 24.8 Å². The molecule has 0 aromatic carbocycles. The summed E-state index contributed by atoms with van der Waals surface area (Å²) in [5, 5.41) is 15.9. The minimum absolute atomic E-state index is 0.801. The third-order valence-electron chi connectivity index (χ3n) is 2.79. The lowest BCUT2D eigenvalue weighted by molar-refractivity contribution is 0.731. The Morgan fingerprint density at radius 2 is 2.00 bits per heavy atom. The zero-order valence-electron chi connectivity index (χ0n) is 10.7. The SMILES string of the molecule is CCNc1ccc(-c2c(C)nn(C)c2C)nn1. The van der Waals surface area contributed by atoms with Gasteiger partial charge >= 0.3 is 0 Å². The normalized spacial score (nSPS) is 10.6. The van der Waals surface area contributed by atoms with Crippen molar-refractivity contribution in [2.24, 2.45) is 7.05 Å². The van der Waals surface area contributed by atoms with Crippen LogP contribution in [0.5, 0.6) is 0 Å². The standard InChI is InChI=1S/C12H17N5/c1-5-13-11-7-6-10(14-15-11)12-8(2)16-17(4)9(12)3/h6-7H,5H2,1-4H3,(H,13,15). The molecular weight excluding hydrogens is 214 g/mol. The molecule has 0 aliphatic heterocycles. The molecule has 0 aliphatic rings. The van der Waals surface area contributed by atoms with Crippen LogP contribution >= 0.6 is 0 Å². The molecule has 2 rings (SSSR count). The number of anilines is 1. The van der Waals surface area contributed by atoms with Crippen molar-refractivity contribution >= 4 is 5.82 Å². The summed E-state index contributed by atoms with van der Waals surface area (Å²) in [6.45, 7) is 6.90. The Balaban J connectivity index is 2.39. The van der Waals surface area contributed by atoms with E-state index in [-0.39, 0.29) is 0 Å². The van der Waals surface area contributed by atoms with Crippen LogP contribution in [0.3, 0.4) is 0 Å². The van der Waals surface area contributed by atoms with Crippen molar-refractivity contribution in [3.63, 3.8) is 0 Å². The van der Waals surface area contributed by atoms with Crippen molar-refractivity contribution in [3.8, 4) is 11.3 Å². The summed E-state index contributed by atoms with van der Waals surface area (Å²) in [7, 11) is 1.94. The van der Waals surface area contributed by atoms with Crippen LogP contribution in [0.25, 0.3) is 11.3 Å². The van der Waals surface area contributed by atoms with Gasteiger partial charge in [-0.3, -0.25) is 4.68 Å². The van der Waals surface area contributed by atoms with Crippen molar-refractivity contribution < 1.29 is 0 Å². The van der Waals surface area contributed by atoms with Crippen molar-refractivity contribution in [2.45, 2.75) is 20.8 Å². The first kappa shape index (κ1) is 11.6. The summed E-state index contributed by atoms with van der Waals surface area (Å²) in [5.41, 5.74) is 4.03. The summed E-state index contributed by atoms with van der Waals surface area (Å²) in [6, 6.07) is 3.92. The average molecular weight is 231 g/mol. The number of aryl methyl sites for hydroxylation is 2. The summed E-state index contributed by atoms with van der Waals surface area (Å²) >= 11 is 0. The Bertz CT molecular complexity index is 512. The fourth-order valence-electron chi connectivity index (χ4n) is 1.89. The van der Waals surface area contributed by atoms with Gasteiger partial charge in [0.1, 0.15) is 5.82 Å². The van der Waals surface area contributed by atoms with E-state index in [1.807, 2.05) is 44.6 Å². The first-order valence-corrected chi connectivity index (χ1v) is 5.71. The van der Waals surface area contributed by atoms with Gasteiger partial charge in [-0.15, -0.1) is 10.2 Å². The highest BCUT2D eigenvalue weighted by Gasteiger charge is 2.12. The highest BCUT2D eigenvalue weighted by atomic mass is 15.3. The molecule has 0 radical (unpaired) electrons. The highest BCUT2D eigenvalue weighted by molar-refractivity contribution is 5.64. The zero-order chi connectivity index (χ0) is 12.4. The van der Waals surface area contributed by atoms with Gasteiger partial charge in [0.25, 0.3) is 0 Å². The monoisotopic (exact) mass is 231 g/mol. The summed E-state index contributed by atoms with van der Waals surface area (Å²) in [5.74, 6) is 0.801. The van der Waals surface area contributed by atoms with E-state index in [1.165, 1.54) is 0 Å². The van der Waals surface area contributed by atoms with Crippen molar-refractivity contribution in [3.05, 3.63) is 23.5 Å². The summed E-state index contributed by atoms with van der Waals surface area (Å²) in [4.78, 5) is 0. The molecule has 0 saturated heterocycles. The number of aromatic nitrogens is 4. The maximum absolute atomic E-state index is 4.38. The van der Waals surface area contributed by atoms with E-state index < -0.39 is 0 Å². The summed E-state index contributed by atoms with van der Waals surface area (Å²) in [6.07, 6.45) is 0. The molecule has 17 heavy (non-hydrogen) atoms. The fourth-order valence-corrected chi connectivity index (χ4v) is 1.89. The van der Waals surface area contributed by atoms with Gasteiger partial charge in [0.15, 0.2) is 0 Å². The Morgan fingerprint density at radius 3 is 2.47 bits per heavy atom. The van der Waals surface area contributed by atoms with E-state index in [9.17, 15) is 0 Å². The largest absolute Gasteiger partial charge is 0.369 e. The van der Waals surface area contributed by atoms with Crippen LogP contribution in [0, 0.1) is 13.8 Å². The Morgan fingerprint density at radius 1 is 1.24 bits per heavy atom. The van der Waals surface area contributed by atoms with Crippen LogP contribution in [0.2, 0.25) is 0 Å². The van der Waals surface area contributed by atoms with E-state index in [0.717, 1.165) is 35.0 Å². The predicted molar refractivity (Wildman–Crippen MR) is 67.9 cm³/mol. The molecule has 0 bridgehead atoms. The molecule has 0 aliphatic carbocycles. The topological polar surface area (TPSA) is 55.6 Å². The molecule has 5 heteroatoms. The van der Waals surface area contributed by atoms with Gasteiger partial charge in [-0.1, -0.05) is 0 Å². The molecule has 2 aromatic rings. The molecule has 5 nitrogen and oxygen atoms in total. The molecular formula is C12H17N5. The predicted octanol–water partition coefficient (Wildman–Crippen LogP) is 1.93. The van der Waals surface area contributed by atoms with Crippen LogP contribution in [0.1, 0.15) is 18.3 Å². The van der Waals surface area contributed by atoms with E-state index in [0.29, 0.717) is 0 Å². The minimum Gasteiger partial charge on any atom is -0.369 e. The Labute approximate surface area is 101 Å². The first-order valence-electron chi connectivity index (χ1n) is 5.71. The van der Waals surface area contributed by atoms with Gasteiger partial charge in [-0.05, 0) is 32.9 Å². The van der Waals surface area contributed by atoms with E-state index in [2.05, 4.69) is 20.6 Å². The van der Waals surface area contributed by atoms with E-state index in [4.69, 9.17) is 0 Å². The number of hydrogen-bond acceptors (Lipinski definition) is 4. The van der Waals surface area contributed by atoms with Crippen molar-refractivity contribution in [1.82, 2.24) is 20.0 Å². The molecule has 0 amide bonds. The van der Waals surface area contributed by atoms with Crippen molar-refractivity contribution in [1.29, 1.82) is 0 Å². The first-order chi connectivity index (χ1) is 8.13. The lowest BCUT2D eigenvalue weighted by atomic mass is 10.1. The molecule has 0 fully saturated rings. The fraction of sp³-hybridized carbons (Fsp3) is 0.417. The summed E-state index contributed by atoms with van der Waals surface area (Å²) < 4.78 is 1.87. The van der Waals surface area contributed by atoms with Crippen LogP contribution < -0.4 is 5.32 Å². The second-order valence-corrected chi connectivity index (χ2v) is 4.00. The second-order valence-electron chi connectivity index (χ2n) is 4.00.